The van der Waals surface area contributed by atoms with Gasteiger partial charge in [-0.2, -0.15) is 0 Å². The number of phenols is 2. The van der Waals surface area contributed by atoms with Gasteiger partial charge in [-0.05, 0) is 135 Å². The molecule has 8 bridgehead atoms. The van der Waals surface area contributed by atoms with Crippen LogP contribution in [0.5, 0.6) is 11.5 Å². The molecular formula is C26H34O2. The summed E-state index contributed by atoms with van der Waals surface area (Å²) in [5.74, 6) is 8.56. The summed E-state index contributed by atoms with van der Waals surface area (Å²) >= 11 is 0. The fourth-order valence-electron chi connectivity index (χ4n) is 10.0. The lowest BCUT2D eigenvalue weighted by Gasteiger charge is -2.56. The molecule has 0 aromatic heterocycles. The maximum Gasteiger partial charge on any atom is 0.126 e. The molecule has 8 aliphatic rings. The van der Waals surface area contributed by atoms with Crippen molar-refractivity contribution in [3.63, 3.8) is 0 Å². The average Bonchev–Trinajstić information content (AvgIpc) is 2.64. The Bertz CT molecular complexity index is 755. The number of phenolic OH excluding ortho intramolecular Hbond substituents is 2. The maximum absolute atomic E-state index is 11.6. The summed E-state index contributed by atoms with van der Waals surface area (Å²) in [5.41, 5.74) is 2.16. The van der Waals surface area contributed by atoms with Crippen LogP contribution in [0.25, 0.3) is 0 Å². The van der Waals surface area contributed by atoms with E-state index in [4.69, 9.17) is 0 Å². The lowest BCUT2D eigenvalue weighted by molar-refractivity contribution is -0.00687. The van der Waals surface area contributed by atoms with Crippen molar-refractivity contribution in [2.75, 3.05) is 0 Å². The molecule has 8 fully saturated rings. The van der Waals surface area contributed by atoms with Gasteiger partial charge >= 0.3 is 0 Å². The molecule has 0 atom stereocenters. The highest BCUT2D eigenvalue weighted by molar-refractivity contribution is 5.53. The van der Waals surface area contributed by atoms with Gasteiger partial charge in [0.25, 0.3) is 0 Å². The highest BCUT2D eigenvalue weighted by Gasteiger charge is 2.52. The van der Waals surface area contributed by atoms with Crippen LogP contribution in [-0.4, -0.2) is 10.2 Å². The lowest BCUT2D eigenvalue weighted by Crippen LogP contribution is -2.44. The second-order valence-corrected chi connectivity index (χ2v) is 11.8. The van der Waals surface area contributed by atoms with Crippen LogP contribution in [0.4, 0.5) is 0 Å². The van der Waals surface area contributed by atoms with E-state index >= 15 is 0 Å². The first-order chi connectivity index (χ1) is 13.6. The van der Waals surface area contributed by atoms with Gasteiger partial charge in [-0.1, -0.05) is 6.07 Å². The Labute approximate surface area is 168 Å². The molecule has 0 saturated heterocycles. The fourth-order valence-corrected chi connectivity index (χ4v) is 10.0. The van der Waals surface area contributed by atoms with Crippen molar-refractivity contribution in [3.8, 4) is 11.5 Å². The first kappa shape index (κ1) is 16.6. The van der Waals surface area contributed by atoms with Gasteiger partial charge in [0.2, 0.25) is 0 Å². The van der Waals surface area contributed by atoms with Crippen molar-refractivity contribution in [1.82, 2.24) is 0 Å². The standard InChI is InChI=1S/C26H34O2/c27-22-2-1-21(23-17-5-13-3-14(7-17)8-18(23)6-13)26(28)25(22)24-19-9-15-4-16(11-19)12-20(24)10-15/h1-2,13-20,23-24,27-28H,3-12H2. The normalized spacial score (nSPS) is 50.4. The number of rotatable bonds is 2. The summed E-state index contributed by atoms with van der Waals surface area (Å²) in [6.07, 6.45) is 13.8. The van der Waals surface area contributed by atoms with Crippen molar-refractivity contribution in [2.45, 2.75) is 76.0 Å². The molecule has 2 N–H and O–H groups in total. The highest BCUT2D eigenvalue weighted by atomic mass is 16.3. The van der Waals surface area contributed by atoms with Crippen LogP contribution in [-0.2, 0) is 0 Å². The van der Waals surface area contributed by atoms with E-state index in [0.29, 0.717) is 35.2 Å². The second-order valence-electron chi connectivity index (χ2n) is 11.8. The van der Waals surface area contributed by atoms with Crippen molar-refractivity contribution in [3.05, 3.63) is 23.3 Å². The summed E-state index contributed by atoms with van der Waals surface area (Å²) in [7, 11) is 0. The smallest absolute Gasteiger partial charge is 0.126 e. The predicted molar refractivity (Wildman–Crippen MR) is 109 cm³/mol. The zero-order chi connectivity index (χ0) is 18.6. The van der Waals surface area contributed by atoms with Crippen LogP contribution in [0.1, 0.15) is 87.2 Å². The third kappa shape index (κ3) is 2.21. The summed E-state index contributed by atoms with van der Waals surface area (Å²) in [4.78, 5) is 0. The largest absolute Gasteiger partial charge is 0.508 e. The Kier molecular flexibility index (Phi) is 3.38. The van der Waals surface area contributed by atoms with Crippen molar-refractivity contribution < 1.29 is 10.2 Å². The minimum atomic E-state index is 0.377. The van der Waals surface area contributed by atoms with Gasteiger partial charge in [0, 0.05) is 5.56 Å². The second kappa shape index (κ2) is 5.70. The van der Waals surface area contributed by atoms with Crippen LogP contribution in [0.15, 0.2) is 12.1 Å². The third-order valence-corrected chi connectivity index (χ3v) is 10.4. The quantitative estimate of drug-likeness (QED) is 0.645. The van der Waals surface area contributed by atoms with E-state index in [9.17, 15) is 10.2 Å². The van der Waals surface area contributed by atoms with Crippen LogP contribution < -0.4 is 0 Å². The summed E-state index contributed by atoms with van der Waals surface area (Å²) < 4.78 is 0. The first-order valence-corrected chi connectivity index (χ1v) is 12.2. The Morgan fingerprint density at radius 1 is 0.536 bits per heavy atom. The number of benzene rings is 1. The third-order valence-electron chi connectivity index (χ3n) is 10.4. The van der Waals surface area contributed by atoms with Crippen LogP contribution in [0.2, 0.25) is 0 Å². The van der Waals surface area contributed by atoms with E-state index < -0.39 is 0 Å². The Morgan fingerprint density at radius 3 is 1.43 bits per heavy atom. The van der Waals surface area contributed by atoms with E-state index in [1.807, 2.05) is 6.07 Å². The molecule has 1 aromatic carbocycles. The van der Waals surface area contributed by atoms with E-state index in [0.717, 1.165) is 41.1 Å². The Hall–Kier alpha value is -1.18. The topological polar surface area (TPSA) is 40.5 Å². The molecule has 9 rings (SSSR count). The van der Waals surface area contributed by atoms with Crippen molar-refractivity contribution in [1.29, 1.82) is 0 Å². The van der Waals surface area contributed by atoms with Crippen LogP contribution >= 0.6 is 0 Å². The molecule has 0 aliphatic heterocycles. The Balaban J connectivity index is 1.29. The van der Waals surface area contributed by atoms with E-state index in [2.05, 4.69) is 6.07 Å². The Morgan fingerprint density at radius 2 is 0.964 bits per heavy atom. The molecule has 0 radical (unpaired) electrons. The van der Waals surface area contributed by atoms with Gasteiger partial charge in [-0.15, -0.1) is 0 Å². The predicted octanol–water partition coefficient (Wildman–Crippen LogP) is 6.18. The molecule has 28 heavy (non-hydrogen) atoms. The molecule has 2 heteroatoms. The van der Waals surface area contributed by atoms with Gasteiger partial charge in [-0.3, -0.25) is 0 Å². The minimum Gasteiger partial charge on any atom is -0.508 e. The average molecular weight is 379 g/mol. The molecule has 8 saturated carbocycles. The van der Waals surface area contributed by atoms with Gasteiger partial charge in [0.1, 0.15) is 11.5 Å². The monoisotopic (exact) mass is 378 g/mol. The molecule has 2 nitrogen and oxygen atoms in total. The zero-order valence-electron chi connectivity index (χ0n) is 16.9. The number of hydrogen-bond donors (Lipinski definition) is 2. The van der Waals surface area contributed by atoms with Gasteiger partial charge in [0.05, 0.1) is 0 Å². The van der Waals surface area contributed by atoms with Crippen LogP contribution in [0.3, 0.4) is 0 Å². The lowest BCUT2D eigenvalue weighted by atomic mass is 9.49. The highest BCUT2D eigenvalue weighted by Crippen LogP contribution is 2.64. The van der Waals surface area contributed by atoms with Crippen LogP contribution in [0, 0.1) is 47.3 Å². The maximum atomic E-state index is 11.6. The molecular weight excluding hydrogens is 344 g/mol. The zero-order valence-corrected chi connectivity index (χ0v) is 16.9. The first-order valence-electron chi connectivity index (χ1n) is 12.2. The van der Waals surface area contributed by atoms with Gasteiger partial charge < -0.3 is 10.2 Å². The minimum absolute atomic E-state index is 0.377. The number of hydrogen-bond acceptors (Lipinski definition) is 2. The van der Waals surface area contributed by atoms with E-state index in [1.54, 1.807) is 0 Å². The molecule has 0 unspecified atom stereocenters. The summed E-state index contributed by atoms with van der Waals surface area (Å²) in [6, 6.07) is 4.04. The molecule has 0 amide bonds. The molecule has 1 aromatic rings. The van der Waals surface area contributed by atoms with Crippen molar-refractivity contribution in [2.24, 2.45) is 47.3 Å². The summed E-state index contributed by atoms with van der Waals surface area (Å²) in [6.45, 7) is 0. The van der Waals surface area contributed by atoms with Gasteiger partial charge in [-0.25, -0.2) is 0 Å². The number of aromatic hydroxyl groups is 2. The molecule has 150 valence electrons. The van der Waals surface area contributed by atoms with E-state index in [1.165, 1.54) is 69.8 Å². The van der Waals surface area contributed by atoms with E-state index in [-0.39, 0.29) is 0 Å². The van der Waals surface area contributed by atoms with Crippen molar-refractivity contribution >= 4 is 0 Å². The summed E-state index contributed by atoms with van der Waals surface area (Å²) in [5, 5.41) is 22.5. The fraction of sp³-hybridized carbons (Fsp3) is 0.769. The van der Waals surface area contributed by atoms with Gasteiger partial charge in [0.15, 0.2) is 0 Å². The molecule has 0 spiro atoms. The molecule has 0 heterocycles. The SMILES string of the molecule is Oc1ccc(C2C3CC4CC(C3)CC2C4)c(O)c1C1C2CC3CC(C2)CC1C3. The molecule has 8 aliphatic carbocycles.